The fraction of sp³-hybridized carbons (Fsp3) is 0.531. The molecule has 0 saturated heterocycles. The van der Waals surface area contributed by atoms with Crippen LogP contribution in [0.4, 0.5) is 0 Å². The largest absolute Gasteiger partial charge is 0.298 e. The van der Waals surface area contributed by atoms with Crippen LogP contribution in [0.5, 0.6) is 0 Å². The van der Waals surface area contributed by atoms with Gasteiger partial charge in [0.25, 0.3) is 0 Å². The van der Waals surface area contributed by atoms with E-state index in [0.29, 0.717) is 17.3 Å². The highest BCUT2D eigenvalue weighted by Gasteiger charge is 2.65. The lowest BCUT2D eigenvalue weighted by Crippen LogP contribution is -2.41. The summed E-state index contributed by atoms with van der Waals surface area (Å²) < 4.78 is 0. The van der Waals surface area contributed by atoms with Gasteiger partial charge in [-0.3, -0.25) is 4.79 Å². The van der Waals surface area contributed by atoms with Crippen LogP contribution in [-0.4, -0.2) is 6.29 Å². The van der Waals surface area contributed by atoms with Gasteiger partial charge in [0.2, 0.25) is 0 Å². The average molecular weight is 435 g/mol. The smallest absolute Gasteiger partial charge is 0.151 e. The Bertz CT molecular complexity index is 1280. The maximum atomic E-state index is 12.1. The van der Waals surface area contributed by atoms with Crippen molar-refractivity contribution in [3.63, 3.8) is 0 Å². The molecule has 0 aliphatic heterocycles. The third kappa shape index (κ3) is 2.59. The summed E-state index contributed by atoms with van der Waals surface area (Å²) in [6, 6.07) is 11.3. The van der Waals surface area contributed by atoms with Crippen LogP contribution < -0.4 is 0 Å². The van der Waals surface area contributed by atoms with E-state index in [2.05, 4.69) is 69.9 Å². The summed E-state index contributed by atoms with van der Waals surface area (Å²) in [5, 5.41) is 0. The van der Waals surface area contributed by atoms with Crippen molar-refractivity contribution in [2.24, 2.45) is 17.3 Å². The maximum absolute atomic E-state index is 12.1. The van der Waals surface area contributed by atoms with Crippen molar-refractivity contribution in [2.45, 2.75) is 88.9 Å². The summed E-state index contributed by atoms with van der Waals surface area (Å²) in [4.78, 5) is 12.1. The van der Waals surface area contributed by atoms with Crippen LogP contribution in [0.25, 0.3) is 0 Å². The van der Waals surface area contributed by atoms with Gasteiger partial charge >= 0.3 is 0 Å². The minimum absolute atomic E-state index is 0.174. The zero-order valence-electron chi connectivity index (χ0n) is 20.4. The predicted molar refractivity (Wildman–Crippen MR) is 133 cm³/mol. The molecule has 0 radical (unpaired) electrons. The lowest BCUT2D eigenvalue weighted by molar-refractivity contribution is 0.00322. The van der Waals surface area contributed by atoms with E-state index in [0.717, 1.165) is 41.2 Å². The third-order valence-corrected chi connectivity index (χ3v) is 10.6. The van der Waals surface area contributed by atoms with Crippen LogP contribution >= 0.6 is 0 Å². The minimum Gasteiger partial charge on any atom is -0.298 e. The fourth-order valence-corrected chi connectivity index (χ4v) is 9.41. The molecule has 0 heterocycles. The quantitative estimate of drug-likeness (QED) is 0.341. The number of carbonyl (C=O) groups excluding carboxylic acids is 1. The Balaban J connectivity index is 1.29. The summed E-state index contributed by atoms with van der Waals surface area (Å²) in [5.41, 5.74) is 9.71. The van der Waals surface area contributed by atoms with Gasteiger partial charge in [0.05, 0.1) is 0 Å². The molecule has 168 valence electrons. The standard InChI is InChI=1S/C32H34O/c1-30(2)18-31(3,4)29-9-19(6-8-28(29)30)5-7-20-12-26-21-10-24-14-25-11-22(16-32(24,25)15-21)27(26)13-23(20)17-33/h6,8-9,12-13,17,21-22,24-25H,10-11,14-16,18H2,1-4H3. The molecule has 3 saturated carbocycles. The van der Waals surface area contributed by atoms with E-state index in [1.807, 2.05) is 0 Å². The van der Waals surface area contributed by atoms with Crippen LogP contribution in [0.2, 0.25) is 0 Å². The van der Waals surface area contributed by atoms with Crippen molar-refractivity contribution in [2.75, 3.05) is 0 Å². The fourth-order valence-electron chi connectivity index (χ4n) is 9.41. The van der Waals surface area contributed by atoms with E-state index >= 15 is 0 Å². The van der Waals surface area contributed by atoms with E-state index in [1.54, 1.807) is 0 Å². The molecule has 1 spiro atoms. The number of rotatable bonds is 1. The zero-order chi connectivity index (χ0) is 22.8. The number of hydrogen-bond donors (Lipinski definition) is 0. The molecule has 5 atom stereocenters. The Kier molecular flexibility index (Phi) is 3.78. The van der Waals surface area contributed by atoms with Gasteiger partial charge in [-0.15, -0.1) is 0 Å². The average Bonchev–Trinajstić information content (AvgIpc) is 3.26. The van der Waals surface area contributed by atoms with Gasteiger partial charge < -0.3 is 0 Å². The first-order valence-corrected chi connectivity index (χ1v) is 13.0. The Morgan fingerprint density at radius 2 is 1.48 bits per heavy atom. The molecule has 0 aromatic heterocycles. The van der Waals surface area contributed by atoms with Crippen LogP contribution in [0, 0.1) is 29.1 Å². The topological polar surface area (TPSA) is 17.1 Å². The Hall–Kier alpha value is -2.33. The van der Waals surface area contributed by atoms with Gasteiger partial charge in [0.15, 0.2) is 6.29 Å². The van der Waals surface area contributed by atoms with Crippen LogP contribution in [-0.2, 0) is 10.8 Å². The summed E-state index contributed by atoms with van der Waals surface area (Å²) in [5.74, 6) is 10.1. The van der Waals surface area contributed by atoms with Gasteiger partial charge in [0, 0.05) is 16.7 Å². The molecule has 2 aromatic rings. The number of aldehydes is 1. The second-order valence-corrected chi connectivity index (χ2v) is 13.3. The van der Waals surface area contributed by atoms with Crippen LogP contribution in [0.3, 0.4) is 0 Å². The molecule has 0 amide bonds. The molecule has 5 aliphatic rings. The lowest BCUT2D eigenvalue weighted by Gasteiger charge is -2.48. The highest BCUT2D eigenvalue weighted by atomic mass is 16.1. The Morgan fingerprint density at radius 3 is 2.18 bits per heavy atom. The zero-order valence-corrected chi connectivity index (χ0v) is 20.4. The van der Waals surface area contributed by atoms with E-state index < -0.39 is 0 Å². The molecule has 5 aliphatic carbocycles. The van der Waals surface area contributed by atoms with E-state index in [1.165, 1.54) is 54.4 Å². The van der Waals surface area contributed by atoms with Gasteiger partial charge in [0.1, 0.15) is 0 Å². The lowest BCUT2D eigenvalue weighted by atomic mass is 9.56. The molecule has 0 N–H and O–H groups in total. The molecule has 2 aromatic carbocycles. The van der Waals surface area contributed by atoms with E-state index in [-0.39, 0.29) is 10.8 Å². The SMILES string of the molecule is CC1(C)CC(C)(C)c2cc(C#Cc3cc4c(cc3C=O)C3CC5CC6CC4CC65C3)ccc21. The van der Waals surface area contributed by atoms with Gasteiger partial charge in [-0.2, -0.15) is 0 Å². The number of fused-ring (bicyclic) bond motifs is 6. The normalized spacial score (nSPS) is 35.0. The number of benzene rings is 2. The maximum Gasteiger partial charge on any atom is 0.151 e. The van der Waals surface area contributed by atoms with Crippen molar-refractivity contribution in [1.29, 1.82) is 0 Å². The van der Waals surface area contributed by atoms with Crippen LogP contribution in [0.15, 0.2) is 30.3 Å². The second kappa shape index (κ2) is 6.21. The molecule has 3 fully saturated rings. The van der Waals surface area contributed by atoms with Crippen molar-refractivity contribution in [3.8, 4) is 11.8 Å². The van der Waals surface area contributed by atoms with Gasteiger partial charge in [-0.25, -0.2) is 0 Å². The number of hydrogen-bond acceptors (Lipinski definition) is 1. The summed E-state index contributed by atoms with van der Waals surface area (Å²) in [7, 11) is 0. The third-order valence-electron chi connectivity index (χ3n) is 10.6. The van der Waals surface area contributed by atoms with E-state index in [4.69, 9.17) is 0 Å². The molecular formula is C32H34O. The first kappa shape index (κ1) is 20.1. The van der Waals surface area contributed by atoms with Crippen molar-refractivity contribution >= 4 is 6.29 Å². The van der Waals surface area contributed by atoms with Crippen molar-refractivity contribution in [3.05, 3.63) is 69.3 Å². The summed E-state index contributed by atoms with van der Waals surface area (Å²) in [6.07, 6.45) is 9.12. The van der Waals surface area contributed by atoms with E-state index in [9.17, 15) is 4.79 Å². The Morgan fingerprint density at radius 1 is 0.818 bits per heavy atom. The van der Waals surface area contributed by atoms with Gasteiger partial charge in [-0.05, 0) is 125 Å². The van der Waals surface area contributed by atoms with Crippen molar-refractivity contribution in [1.82, 2.24) is 0 Å². The Labute approximate surface area is 198 Å². The predicted octanol–water partition coefficient (Wildman–Crippen LogP) is 7.25. The highest BCUT2D eigenvalue weighted by molar-refractivity contribution is 5.81. The minimum atomic E-state index is 0.174. The first-order valence-electron chi connectivity index (χ1n) is 13.0. The van der Waals surface area contributed by atoms with Crippen molar-refractivity contribution < 1.29 is 4.79 Å². The van der Waals surface area contributed by atoms with Gasteiger partial charge in [-0.1, -0.05) is 45.6 Å². The molecule has 7 rings (SSSR count). The first-order chi connectivity index (χ1) is 15.7. The monoisotopic (exact) mass is 434 g/mol. The molecule has 1 heteroatoms. The molecule has 3 bridgehead atoms. The van der Waals surface area contributed by atoms with Crippen LogP contribution in [0.1, 0.15) is 122 Å². The number of carbonyl (C=O) groups is 1. The molecular weight excluding hydrogens is 400 g/mol. The summed E-state index contributed by atoms with van der Waals surface area (Å²) >= 11 is 0. The summed E-state index contributed by atoms with van der Waals surface area (Å²) in [6.45, 7) is 9.39. The molecule has 1 nitrogen and oxygen atoms in total. The molecule has 5 unspecified atom stereocenters. The molecule has 33 heavy (non-hydrogen) atoms. The second-order valence-electron chi connectivity index (χ2n) is 13.3. The highest BCUT2D eigenvalue weighted by Crippen LogP contribution is 2.76.